The molecule has 0 atom stereocenters. The summed E-state index contributed by atoms with van der Waals surface area (Å²) in [6, 6.07) is 6.11. The van der Waals surface area contributed by atoms with Crippen LogP contribution in [0.15, 0.2) is 18.2 Å². The molecule has 1 fully saturated rings. The fourth-order valence-electron chi connectivity index (χ4n) is 2.94. The first kappa shape index (κ1) is 13.1. The number of benzene rings is 1. The third-order valence-electron chi connectivity index (χ3n) is 3.99. The van der Waals surface area contributed by atoms with Crippen LogP contribution in [-0.4, -0.2) is 27.4 Å². The highest BCUT2D eigenvalue weighted by Crippen LogP contribution is 2.29. The minimum absolute atomic E-state index is 0.0541. The molecule has 106 valence electrons. The number of amides is 1. The summed E-state index contributed by atoms with van der Waals surface area (Å²) in [5.41, 5.74) is 2.49. The maximum Gasteiger partial charge on any atom is 0.251 e. The molecule has 0 aliphatic heterocycles. The zero-order valence-electron chi connectivity index (χ0n) is 11.8. The largest absolute Gasteiger partial charge is 0.352 e. The van der Waals surface area contributed by atoms with Crippen molar-refractivity contribution in [1.82, 2.24) is 20.3 Å². The van der Waals surface area contributed by atoms with Crippen LogP contribution in [0.1, 0.15) is 55.4 Å². The molecule has 0 spiro atoms. The normalized spacial score (nSPS) is 16.4. The Morgan fingerprint density at radius 1 is 1.35 bits per heavy atom. The number of nitrogens with zero attached hydrogens (tertiary/aromatic N) is 3. The number of hydrogen-bond acceptors (Lipinski definition) is 3. The second-order valence-electron chi connectivity index (χ2n) is 5.39. The van der Waals surface area contributed by atoms with E-state index in [0.717, 1.165) is 11.0 Å². The molecule has 1 saturated carbocycles. The van der Waals surface area contributed by atoms with Gasteiger partial charge in [-0.1, -0.05) is 24.5 Å². The van der Waals surface area contributed by atoms with Gasteiger partial charge in [-0.2, -0.15) is 0 Å². The van der Waals surface area contributed by atoms with Crippen LogP contribution in [0.4, 0.5) is 0 Å². The van der Waals surface area contributed by atoms with Gasteiger partial charge >= 0.3 is 0 Å². The molecule has 1 N–H and O–H groups in total. The molecule has 1 aromatic heterocycles. The van der Waals surface area contributed by atoms with E-state index in [4.69, 9.17) is 0 Å². The Hall–Kier alpha value is -1.91. The van der Waals surface area contributed by atoms with Crippen molar-refractivity contribution in [3.8, 4) is 0 Å². The van der Waals surface area contributed by atoms with Crippen LogP contribution >= 0.6 is 0 Å². The third-order valence-corrected chi connectivity index (χ3v) is 3.99. The summed E-state index contributed by atoms with van der Waals surface area (Å²) >= 11 is 0. The lowest BCUT2D eigenvalue weighted by Gasteiger charge is -2.21. The Balaban J connectivity index is 1.91. The Bertz CT molecular complexity index is 613. The quantitative estimate of drug-likeness (QED) is 0.934. The predicted molar refractivity (Wildman–Crippen MR) is 77.7 cm³/mol. The molecule has 0 radical (unpaired) electrons. The average Bonchev–Trinajstić information content (AvgIpc) is 2.91. The summed E-state index contributed by atoms with van der Waals surface area (Å²) in [6.45, 7) is 2.54. The molecular weight excluding hydrogens is 252 g/mol. The van der Waals surface area contributed by atoms with Crippen LogP contribution < -0.4 is 5.32 Å². The molecule has 1 heterocycles. The van der Waals surface area contributed by atoms with Crippen molar-refractivity contribution in [3.63, 3.8) is 0 Å². The summed E-state index contributed by atoms with van der Waals surface area (Å²) in [7, 11) is 0. The number of nitrogens with one attached hydrogen (secondary N) is 1. The first-order chi connectivity index (χ1) is 9.79. The van der Waals surface area contributed by atoms with E-state index in [1.165, 1.54) is 32.1 Å². The molecule has 0 saturated heterocycles. The van der Waals surface area contributed by atoms with E-state index in [0.29, 0.717) is 18.2 Å². The van der Waals surface area contributed by atoms with Gasteiger partial charge in [0.25, 0.3) is 5.91 Å². The minimum atomic E-state index is -0.0541. The van der Waals surface area contributed by atoms with Crippen molar-refractivity contribution in [2.24, 2.45) is 0 Å². The van der Waals surface area contributed by atoms with E-state index < -0.39 is 0 Å². The Morgan fingerprint density at radius 3 is 2.90 bits per heavy atom. The number of rotatable bonds is 3. The van der Waals surface area contributed by atoms with Crippen molar-refractivity contribution in [2.75, 3.05) is 6.54 Å². The first-order valence-electron chi connectivity index (χ1n) is 7.42. The average molecular weight is 272 g/mol. The molecule has 1 aliphatic carbocycles. The van der Waals surface area contributed by atoms with Crippen molar-refractivity contribution >= 4 is 16.9 Å². The van der Waals surface area contributed by atoms with Gasteiger partial charge in [0.05, 0.1) is 11.6 Å². The SMILES string of the molecule is CCNC(=O)c1ccc2c(c1)nnn2C1CCCCC1. The van der Waals surface area contributed by atoms with Crippen LogP contribution in [0.3, 0.4) is 0 Å². The summed E-state index contributed by atoms with van der Waals surface area (Å²) in [4.78, 5) is 11.8. The number of hydrogen-bond donors (Lipinski definition) is 1. The van der Waals surface area contributed by atoms with E-state index in [-0.39, 0.29) is 5.91 Å². The van der Waals surface area contributed by atoms with Gasteiger partial charge in [-0.05, 0) is 38.0 Å². The monoisotopic (exact) mass is 272 g/mol. The molecular formula is C15H20N4O. The van der Waals surface area contributed by atoms with E-state index in [2.05, 4.69) is 15.6 Å². The molecule has 0 unspecified atom stereocenters. The first-order valence-corrected chi connectivity index (χ1v) is 7.42. The smallest absolute Gasteiger partial charge is 0.251 e. The zero-order chi connectivity index (χ0) is 13.9. The lowest BCUT2D eigenvalue weighted by molar-refractivity contribution is 0.0956. The molecule has 0 bridgehead atoms. The Labute approximate surface area is 118 Å². The molecule has 1 aromatic carbocycles. The molecule has 5 heteroatoms. The Morgan fingerprint density at radius 2 is 2.15 bits per heavy atom. The molecule has 5 nitrogen and oxygen atoms in total. The molecule has 3 rings (SSSR count). The van der Waals surface area contributed by atoms with E-state index in [1.807, 2.05) is 29.8 Å². The fourth-order valence-corrected chi connectivity index (χ4v) is 2.94. The van der Waals surface area contributed by atoms with Crippen LogP contribution in [0.2, 0.25) is 0 Å². The second kappa shape index (κ2) is 5.61. The maximum atomic E-state index is 11.8. The lowest BCUT2D eigenvalue weighted by atomic mass is 9.95. The van der Waals surface area contributed by atoms with Gasteiger partial charge in [-0.3, -0.25) is 4.79 Å². The zero-order valence-corrected chi connectivity index (χ0v) is 11.8. The fraction of sp³-hybridized carbons (Fsp3) is 0.533. The van der Waals surface area contributed by atoms with Crippen molar-refractivity contribution in [2.45, 2.75) is 45.1 Å². The van der Waals surface area contributed by atoms with E-state index in [9.17, 15) is 4.79 Å². The van der Waals surface area contributed by atoms with E-state index >= 15 is 0 Å². The highest BCUT2D eigenvalue weighted by molar-refractivity contribution is 5.97. The number of carbonyl (C=O) groups is 1. The highest BCUT2D eigenvalue weighted by Gasteiger charge is 2.19. The number of carbonyl (C=O) groups excluding carboxylic acids is 1. The van der Waals surface area contributed by atoms with Crippen molar-refractivity contribution in [3.05, 3.63) is 23.8 Å². The van der Waals surface area contributed by atoms with Gasteiger partial charge < -0.3 is 5.32 Å². The van der Waals surface area contributed by atoms with E-state index in [1.54, 1.807) is 0 Å². The van der Waals surface area contributed by atoms with Crippen LogP contribution in [0, 0.1) is 0 Å². The summed E-state index contributed by atoms with van der Waals surface area (Å²) < 4.78 is 2.04. The standard InChI is InChI=1S/C15H20N4O/c1-2-16-15(20)11-8-9-14-13(10-11)17-18-19(14)12-6-4-3-5-7-12/h8-10,12H,2-7H2,1H3,(H,16,20). The third kappa shape index (κ3) is 2.40. The molecule has 1 amide bonds. The molecule has 1 aliphatic rings. The lowest BCUT2D eigenvalue weighted by Crippen LogP contribution is -2.22. The van der Waals surface area contributed by atoms with Gasteiger partial charge in [0, 0.05) is 12.1 Å². The van der Waals surface area contributed by atoms with Gasteiger partial charge in [0.2, 0.25) is 0 Å². The van der Waals surface area contributed by atoms with Gasteiger partial charge in [-0.25, -0.2) is 4.68 Å². The number of fused-ring (bicyclic) bond motifs is 1. The van der Waals surface area contributed by atoms with Gasteiger partial charge in [-0.15, -0.1) is 5.10 Å². The summed E-state index contributed by atoms with van der Waals surface area (Å²) in [6.07, 6.45) is 6.21. The Kier molecular flexibility index (Phi) is 3.67. The predicted octanol–water partition coefficient (Wildman–Crippen LogP) is 2.69. The minimum Gasteiger partial charge on any atom is -0.352 e. The maximum absolute atomic E-state index is 11.8. The van der Waals surface area contributed by atoms with Crippen LogP contribution in [-0.2, 0) is 0 Å². The summed E-state index contributed by atoms with van der Waals surface area (Å²) in [5, 5.41) is 11.3. The molecule has 2 aromatic rings. The van der Waals surface area contributed by atoms with Crippen molar-refractivity contribution in [1.29, 1.82) is 0 Å². The number of aromatic nitrogens is 3. The molecule has 20 heavy (non-hydrogen) atoms. The van der Waals surface area contributed by atoms with Crippen LogP contribution in [0.25, 0.3) is 11.0 Å². The van der Waals surface area contributed by atoms with Crippen molar-refractivity contribution < 1.29 is 4.79 Å². The highest BCUT2D eigenvalue weighted by atomic mass is 16.1. The van der Waals surface area contributed by atoms with Gasteiger partial charge in [0.15, 0.2) is 0 Å². The van der Waals surface area contributed by atoms with Crippen LogP contribution in [0.5, 0.6) is 0 Å². The topological polar surface area (TPSA) is 59.8 Å². The van der Waals surface area contributed by atoms with Gasteiger partial charge in [0.1, 0.15) is 5.52 Å². The summed E-state index contributed by atoms with van der Waals surface area (Å²) in [5.74, 6) is -0.0541. The second-order valence-corrected chi connectivity index (χ2v) is 5.39.